The summed E-state index contributed by atoms with van der Waals surface area (Å²) in [7, 11) is 0. The van der Waals surface area contributed by atoms with Crippen molar-refractivity contribution in [1.29, 1.82) is 0 Å². The fourth-order valence-corrected chi connectivity index (χ4v) is 4.00. The van der Waals surface area contributed by atoms with Crippen LogP contribution in [0.2, 0.25) is 0 Å². The number of carbonyl (C=O) groups is 1. The fourth-order valence-electron chi connectivity index (χ4n) is 4.00. The number of hydrogen-bond acceptors (Lipinski definition) is 2. The average molecular weight is 314 g/mol. The normalized spacial score (nSPS) is 21.2. The Hall–Kier alpha value is -1.35. The van der Waals surface area contributed by atoms with Crippen LogP contribution in [0.15, 0.2) is 30.3 Å². The van der Waals surface area contributed by atoms with Crippen molar-refractivity contribution in [2.45, 2.75) is 57.4 Å². The maximum atomic E-state index is 12.2. The zero-order chi connectivity index (χ0) is 15.9. The minimum absolute atomic E-state index is 0.0752. The second kappa shape index (κ2) is 8.49. The van der Waals surface area contributed by atoms with Crippen LogP contribution < -0.4 is 5.32 Å². The van der Waals surface area contributed by atoms with Crippen LogP contribution in [-0.4, -0.2) is 36.5 Å². The van der Waals surface area contributed by atoms with Gasteiger partial charge in [0, 0.05) is 24.7 Å². The third-order valence-corrected chi connectivity index (χ3v) is 5.54. The lowest BCUT2D eigenvalue weighted by atomic mass is 9.87. The van der Waals surface area contributed by atoms with E-state index in [0.717, 1.165) is 37.4 Å². The molecule has 0 radical (unpaired) electrons. The van der Waals surface area contributed by atoms with Gasteiger partial charge in [-0.05, 0) is 43.9 Å². The molecule has 1 N–H and O–H groups in total. The Morgan fingerprint density at radius 2 is 1.70 bits per heavy atom. The Balaban J connectivity index is 1.36. The summed E-state index contributed by atoms with van der Waals surface area (Å²) in [6.45, 7) is 3.52. The van der Waals surface area contributed by atoms with Gasteiger partial charge >= 0.3 is 0 Å². The molecule has 1 saturated carbocycles. The number of rotatable bonds is 5. The number of benzene rings is 1. The molecule has 126 valence electrons. The maximum Gasteiger partial charge on any atom is 0.251 e. The minimum atomic E-state index is 0.0752. The van der Waals surface area contributed by atoms with Crippen LogP contribution >= 0.6 is 0 Å². The van der Waals surface area contributed by atoms with E-state index >= 15 is 0 Å². The predicted octanol–water partition coefficient (Wildman–Crippen LogP) is 3.85. The molecule has 2 fully saturated rings. The van der Waals surface area contributed by atoms with Gasteiger partial charge in [0.1, 0.15) is 0 Å². The molecule has 3 heteroatoms. The number of nitrogens with zero attached hydrogens (tertiary/aromatic N) is 1. The highest BCUT2D eigenvalue weighted by atomic mass is 16.1. The summed E-state index contributed by atoms with van der Waals surface area (Å²) in [6.07, 6.45) is 10.8. The van der Waals surface area contributed by atoms with E-state index in [0.29, 0.717) is 6.04 Å². The topological polar surface area (TPSA) is 32.3 Å². The van der Waals surface area contributed by atoms with Gasteiger partial charge in [0.05, 0.1) is 0 Å². The molecule has 3 rings (SSSR count). The molecule has 0 atom stereocenters. The average Bonchev–Trinajstić information content (AvgIpc) is 2.63. The number of piperidine rings is 1. The molecule has 0 aromatic heterocycles. The number of nitrogens with one attached hydrogen (secondary N) is 1. The Kier molecular flexibility index (Phi) is 6.09. The highest BCUT2D eigenvalue weighted by Crippen LogP contribution is 2.26. The zero-order valence-corrected chi connectivity index (χ0v) is 14.2. The zero-order valence-electron chi connectivity index (χ0n) is 14.2. The van der Waals surface area contributed by atoms with Gasteiger partial charge in [0.2, 0.25) is 0 Å². The molecule has 1 aliphatic heterocycles. The van der Waals surface area contributed by atoms with Crippen molar-refractivity contribution < 1.29 is 4.79 Å². The molecule has 1 saturated heterocycles. The predicted molar refractivity (Wildman–Crippen MR) is 94.6 cm³/mol. The van der Waals surface area contributed by atoms with Crippen LogP contribution in [0.5, 0.6) is 0 Å². The quantitative estimate of drug-likeness (QED) is 0.895. The van der Waals surface area contributed by atoms with E-state index in [1.54, 1.807) is 0 Å². The number of likely N-dealkylation sites (tertiary alicyclic amines) is 1. The van der Waals surface area contributed by atoms with Crippen LogP contribution in [0.3, 0.4) is 0 Å². The molecule has 2 aliphatic rings. The highest BCUT2D eigenvalue weighted by molar-refractivity contribution is 5.94. The van der Waals surface area contributed by atoms with Crippen molar-refractivity contribution >= 4 is 5.91 Å². The minimum Gasteiger partial charge on any atom is -0.349 e. The smallest absolute Gasteiger partial charge is 0.251 e. The molecule has 23 heavy (non-hydrogen) atoms. The third kappa shape index (κ3) is 5.07. The number of amides is 1. The van der Waals surface area contributed by atoms with Crippen molar-refractivity contribution in [3.63, 3.8) is 0 Å². The molecule has 3 nitrogen and oxygen atoms in total. The molecule has 0 unspecified atom stereocenters. The summed E-state index contributed by atoms with van der Waals surface area (Å²) in [6, 6.07) is 9.89. The van der Waals surface area contributed by atoms with Crippen molar-refractivity contribution in [2.24, 2.45) is 5.92 Å². The lowest BCUT2D eigenvalue weighted by Gasteiger charge is -2.33. The number of carbonyl (C=O) groups excluding carboxylic acids is 1. The van der Waals surface area contributed by atoms with Crippen molar-refractivity contribution in [2.75, 3.05) is 19.6 Å². The third-order valence-electron chi connectivity index (χ3n) is 5.54. The Morgan fingerprint density at radius 3 is 2.39 bits per heavy atom. The van der Waals surface area contributed by atoms with E-state index in [2.05, 4.69) is 10.2 Å². The molecule has 1 heterocycles. The first-order chi connectivity index (χ1) is 11.3. The molecule has 1 amide bonds. The highest BCUT2D eigenvalue weighted by Gasteiger charge is 2.22. The van der Waals surface area contributed by atoms with Gasteiger partial charge in [0.25, 0.3) is 5.91 Å². The largest absolute Gasteiger partial charge is 0.349 e. The number of hydrogen-bond donors (Lipinski definition) is 1. The van der Waals surface area contributed by atoms with E-state index in [1.807, 2.05) is 30.3 Å². The van der Waals surface area contributed by atoms with E-state index in [4.69, 9.17) is 0 Å². The fraction of sp³-hybridized carbons (Fsp3) is 0.650. The second-order valence-electron chi connectivity index (χ2n) is 7.25. The van der Waals surface area contributed by atoms with Gasteiger partial charge < -0.3 is 10.2 Å². The van der Waals surface area contributed by atoms with Gasteiger partial charge in [-0.2, -0.15) is 0 Å². The van der Waals surface area contributed by atoms with Gasteiger partial charge in [0.15, 0.2) is 0 Å². The van der Waals surface area contributed by atoms with Crippen LogP contribution in [0.4, 0.5) is 0 Å². The molecule has 0 bridgehead atoms. The Bertz CT molecular complexity index is 474. The first-order valence-corrected chi connectivity index (χ1v) is 9.39. The summed E-state index contributed by atoms with van der Waals surface area (Å²) < 4.78 is 0. The molecule has 0 spiro atoms. The first kappa shape index (κ1) is 16.5. The maximum absolute atomic E-state index is 12.2. The van der Waals surface area contributed by atoms with Crippen LogP contribution in [-0.2, 0) is 0 Å². The Labute approximate surface area is 140 Å². The second-order valence-corrected chi connectivity index (χ2v) is 7.25. The summed E-state index contributed by atoms with van der Waals surface area (Å²) >= 11 is 0. The van der Waals surface area contributed by atoms with E-state index in [9.17, 15) is 4.79 Å². The molecular formula is C20H30N2O. The molecule has 1 aromatic rings. The summed E-state index contributed by atoms with van der Waals surface area (Å²) in [4.78, 5) is 14.8. The lowest BCUT2D eigenvalue weighted by molar-refractivity contribution is 0.0908. The summed E-state index contributed by atoms with van der Waals surface area (Å²) in [5, 5.41) is 3.20. The van der Waals surface area contributed by atoms with Crippen LogP contribution in [0.25, 0.3) is 0 Å². The van der Waals surface area contributed by atoms with Gasteiger partial charge in [-0.3, -0.25) is 4.79 Å². The first-order valence-electron chi connectivity index (χ1n) is 9.39. The molecule has 1 aromatic carbocycles. The Morgan fingerprint density at radius 1 is 1.00 bits per heavy atom. The van der Waals surface area contributed by atoms with Gasteiger partial charge in [-0.15, -0.1) is 0 Å². The summed E-state index contributed by atoms with van der Waals surface area (Å²) in [5.41, 5.74) is 0.771. The van der Waals surface area contributed by atoms with Crippen molar-refractivity contribution in [3.05, 3.63) is 35.9 Å². The van der Waals surface area contributed by atoms with E-state index < -0.39 is 0 Å². The van der Waals surface area contributed by atoms with Crippen molar-refractivity contribution in [3.8, 4) is 0 Å². The SMILES string of the molecule is O=C(NC1CCN(CCC2CCCCC2)CC1)c1ccccc1. The summed E-state index contributed by atoms with van der Waals surface area (Å²) in [5.74, 6) is 1.05. The molecular weight excluding hydrogens is 284 g/mol. The van der Waals surface area contributed by atoms with Crippen molar-refractivity contribution in [1.82, 2.24) is 10.2 Å². The van der Waals surface area contributed by atoms with Crippen LogP contribution in [0, 0.1) is 5.92 Å². The molecule has 1 aliphatic carbocycles. The van der Waals surface area contributed by atoms with E-state index in [-0.39, 0.29) is 5.91 Å². The van der Waals surface area contributed by atoms with E-state index in [1.165, 1.54) is 45.1 Å². The van der Waals surface area contributed by atoms with Crippen LogP contribution in [0.1, 0.15) is 61.7 Å². The standard InChI is InChI=1S/C20H30N2O/c23-20(18-9-5-2-6-10-18)21-19-12-15-22(16-13-19)14-11-17-7-3-1-4-8-17/h2,5-6,9-10,17,19H,1,3-4,7-8,11-16H2,(H,21,23). The monoisotopic (exact) mass is 314 g/mol. The van der Waals surface area contributed by atoms with Gasteiger partial charge in [-0.25, -0.2) is 0 Å². The van der Waals surface area contributed by atoms with Gasteiger partial charge in [-0.1, -0.05) is 50.3 Å². The lowest BCUT2D eigenvalue weighted by Crippen LogP contribution is -2.45.